The van der Waals surface area contributed by atoms with Gasteiger partial charge in [0.05, 0.1) is 22.2 Å². The Bertz CT molecular complexity index is 1410. The Balaban J connectivity index is 1.53. The van der Waals surface area contributed by atoms with Crippen molar-refractivity contribution in [2.45, 2.75) is 43.3 Å². The summed E-state index contributed by atoms with van der Waals surface area (Å²) in [5.41, 5.74) is 3.16. The molecule has 1 aliphatic carbocycles. The second-order valence-electron chi connectivity index (χ2n) is 9.18. The van der Waals surface area contributed by atoms with Crippen molar-refractivity contribution in [1.82, 2.24) is 0 Å². The van der Waals surface area contributed by atoms with E-state index in [1.165, 1.54) is 18.2 Å². The predicted octanol–water partition coefficient (Wildman–Crippen LogP) is 6.95. The summed E-state index contributed by atoms with van der Waals surface area (Å²) in [5, 5.41) is 3.29. The Kier molecular flexibility index (Phi) is 5.67. The highest BCUT2D eigenvalue weighted by Crippen LogP contribution is 2.51. The zero-order valence-electron chi connectivity index (χ0n) is 19.2. The molecule has 0 saturated heterocycles. The van der Waals surface area contributed by atoms with E-state index in [0.29, 0.717) is 17.8 Å². The minimum atomic E-state index is -4.46. The summed E-state index contributed by atoms with van der Waals surface area (Å²) in [6, 6.07) is 15.4. The van der Waals surface area contributed by atoms with E-state index in [1.54, 1.807) is 18.2 Å². The molecule has 0 saturated carbocycles. The van der Waals surface area contributed by atoms with Gasteiger partial charge in [-0.1, -0.05) is 48.6 Å². The highest BCUT2D eigenvalue weighted by atomic mass is 32.2. The summed E-state index contributed by atoms with van der Waals surface area (Å²) in [6.45, 7) is 3.68. The van der Waals surface area contributed by atoms with Crippen LogP contribution in [0.4, 0.5) is 24.5 Å². The summed E-state index contributed by atoms with van der Waals surface area (Å²) < 4.78 is 70.4. The Morgan fingerprint density at radius 3 is 2.37 bits per heavy atom. The Hall–Kier alpha value is -3.26. The first-order valence-electron chi connectivity index (χ1n) is 11.4. The fourth-order valence-corrected chi connectivity index (χ4v) is 6.48. The molecule has 0 radical (unpaired) electrons. The minimum Gasteiger partial charge on any atom is -0.378 e. The van der Waals surface area contributed by atoms with E-state index in [1.807, 2.05) is 44.2 Å². The molecule has 0 bridgehead atoms. The van der Waals surface area contributed by atoms with Gasteiger partial charge < -0.3 is 5.32 Å². The number of sulfonamides is 1. The summed E-state index contributed by atoms with van der Waals surface area (Å²) in [4.78, 5) is 0.119. The number of nitrogens with one attached hydrogen (secondary N) is 2. The van der Waals surface area contributed by atoms with Gasteiger partial charge in [-0.25, -0.2) is 8.42 Å². The Labute approximate surface area is 202 Å². The number of benzene rings is 3. The third-order valence-corrected chi connectivity index (χ3v) is 8.31. The molecule has 2 aliphatic rings. The monoisotopic (exact) mass is 498 g/mol. The van der Waals surface area contributed by atoms with E-state index in [0.717, 1.165) is 22.8 Å². The summed E-state index contributed by atoms with van der Waals surface area (Å²) in [5.74, 6) is -0.344. The Morgan fingerprint density at radius 2 is 1.66 bits per heavy atom. The van der Waals surface area contributed by atoms with Crippen LogP contribution in [0.15, 0.2) is 77.7 Å². The number of hydrogen-bond donors (Lipinski definition) is 2. The van der Waals surface area contributed by atoms with Crippen molar-refractivity contribution in [2.24, 2.45) is 5.92 Å². The van der Waals surface area contributed by atoms with Crippen molar-refractivity contribution in [3.05, 3.63) is 101 Å². The first kappa shape index (κ1) is 23.5. The molecule has 3 aromatic carbocycles. The number of aryl methyl sites for hydroxylation is 2. The van der Waals surface area contributed by atoms with Gasteiger partial charge in [0.1, 0.15) is 0 Å². The molecule has 1 aliphatic heterocycles. The molecule has 0 fully saturated rings. The highest BCUT2D eigenvalue weighted by Gasteiger charge is 2.42. The van der Waals surface area contributed by atoms with Crippen LogP contribution in [0, 0.1) is 19.8 Å². The first-order chi connectivity index (χ1) is 16.6. The molecule has 2 N–H and O–H groups in total. The predicted molar refractivity (Wildman–Crippen MR) is 131 cm³/mol. The van der Waals surface area contributed by atoms with Gasteiger partial charge in [-0.05, 0) is 72.7 Å². The maximum Gasteiger partial charge on any atom is 0.416 e. The van der Waals surface area contributed by atoms with Gasteiger partial charge in [-0.3, -0.25) is 4.72 Å². The molecule has 3 aromatic rings. The van der Waals surface area contributed by atoms with Crippen LogP contribution < -0.4 is 10.0 Å². The lowest BCUT2D eigenvalue weighted by Gasteiger charge is -2.38. The molecule has 0 amide bonds. The number of hydrogen-bond acceptors (Lipinski definition) is 3. The number of fused-ring (bicyclic) bond motifs is 3. The average Bonchev–Trinajstić information content (AvgIpc) is 3.30. The molecule has 0 aromatic heterocycles. The molecule has 35 heavy (non-hydrogen) atoms. The fraction of sp³-hybridized carbons (Fsp3) is 0.259. The van der Waals surface area contributed by atoms with Gasteiger partial charge in [-0.2, -0.15) is 13.2 Å². The SMILES string of the molecule is Cc1cccc(C)c1NS(=O)(=O)c1ccc2c(c1)[C@@H]1C=CC[C@@H]1[C@@H](c1ccccc1C(F)(F)F)N2. The smallest absolute Gasteiger partial charge is 0.378 e. The minimum absolute atomic E-state index is 0.119. The van der Waals surface area contributed by atoms with Crippen LogP contribution in [0.25, 0.3) is 0 Å². The van der Waals surface area contributed by atoms with Crippen LogP contribution in [0.5, 0.6) is 0 Å². The maximum absolute atomic E-state index is 13.7. The van der Waals surface area contributed by atoms with Gasteiger partial charge >= 0.3 is 6.18 Å². The first-order valence-corrected chi connectivity index (χ1v) is 12.9. The number of rotatable bonds is 4. The standard InChI is InChI=1S/C27H25F3N2O2S/c1-16-7-5-8-17(2)25(16)32-35(33,34)18-13-14-24-22(15-18)19-10-6-11-20(19)26(31-24)21-9-3-4-12-23(21)27(28,29)30/h3-10,12-15,19-20,26,31-32H,11H2,1-2H3/t19-,20+,26+/m1/s1. The zero-order chi connectivity index (χ0) is 25.0. The molecule has 0 unspecified atom stereocenters. The number of alkyl halides is 3. The van der Waals surface area contributed by atoms with Crippen molar-refractivity contribution >= 4 is 21.4 Å². The third-order valence-electron chi connectivity index (χ3n) is 6.96. The summed E-state index contributed by atoms with van der Waals surface area (Å²) in [7, 11) is -3.86. The van der Waals surface area contributed by atoms with Crippen LogP contribution in [0.1, 0.15) is 46.2 Å². The van der Waals surface area contributed by atoms with Gasteiger partial charge in [0.2, 0.25) is 0 Å². The summed E-state index contributed by atoms with van der Waals surface area (Å²) in [6.07, 6.45) is 0.0806. The zero-order valence-corrected chi connectivity index (χ0v) is 20.0. The van der Waals surface area contributed by atoms with E-state index in [4.69, 9.17) is 0 Å². The molecule has 8 heteroatoms. The van der Waals surface area contributed by atoms with Crippen LogP contribution >= 0.6 is 0 Å². The van der Waals surface area contributed by atoms with E-state index in [2.05, 4.69) is 10.0 Å². The van der Waals surface area contributed by atoms with Crippen molar-refractivity contribution in [2.75, 3.05) is 10.0 Å². The van der Waals surface area contributed by atoms with Gasteiger partial charge in [0.15, 0.2) is 0 Å². The lowest BCUT2D eigenvalue weighted by molar-refractivity contribution is -0.138. The van der Waals surface area contributed by atoms with Crippen LogP contribution in [-0.4, -0.2) is 8.42 Å². The van der Waals surface area contributed by atoms with Crippen molar-refractivity contribution in [1.29, 1.82) is 0 Å². The summed E-state index contributed by atoms with van der Waals surface area (Å²) >= 11 is 0. The van der Waals surface area contributed by atoms with Crippen LogP contribution in [0.3, 0.4) is 0 Å². The molecule has 1 heterocycles. The van der Waals surface area contributed by atoms with E-state index >= 15 is 0 Å². The third kappa shape index (κ3) is 4.20. The van der Waals surface area contributed by atoms with E-state index < -0.39 is 27.8 Å². The molecule has 0 spiro atoms. The number of allylic oxidation sites excluding steroid dienone is 2. The van der Waals surface area contributed by atoms with Crippen LogP contribution in [0.2, 0.25) is 0 Å². The normalized spacial score (nSPS) is 21.2. The second kappa shape index (κ2) is 8.45. The molecule has 4 nitrogen and oxygen atoms in total. The lowest BCUT2D eigenvalue weighted by Crippen LogP contribution is -2.31. The molecular formula is C27H25F3N2O2S. The fourth-order valence-electron chi connectivity index (χ4n) is 5.24. The van der Waals surface area contributed by atoms with Gasteiger partial charge in [0.25, 0.3) is 10.0 Å². The highest BCUT2D eigenvalue weighted by molar-refractivity contribution is 7.92. The van der Waals surface area contributed by atoms with Crippen molar-refractivity contribution in [3.8, 4) is 0 Å². The second-order valence-corrected chi connectivity index (χ2v) is 10.9. The van der Waals surface area contributed by atoms with E-state index in [-0.39, 0.29) is 22.3 Å². The topological polar surface area (TPSA) is 58.2 Å². The van der Waals surface area contributed by atoms with Crippen molar-refractivity contribution < 1.29 is 21.6 Å². The molecule has 182 valence electrons. The maximum atomic E-state index is 13.7. The largest absolute Gasteiger partial charge is 0.416 e. The van der Waals surface area contributed by atoms with Crippen LogP contribution in [-0.2, 0) is 16.2 Å². The Morgan fingerprint density at radius 1 is 0.943 bits per heavy atom. The van der Waals surface area contributed by atoms with Gasteiger partial charge in [-0.15, -0.1) is 0 Å². The van der Waals surface area contributed by atoms with E-state index in [9.17, 15) is 21.6 Å². The van der Waals surface area contributed by atoms with Gasteiger partial charge in [0, 0.05) is 11.6 Å². The number of anilines is 2. The molecule has 3 atom stereocenters. The quantitative estimate of drug-likeness (QED) is 0.383. The van der Waals surface area contributed by atoms with Crippen molar-refractivity contribution in [3.63, 3.8) is 0 Å². The number of para-hydroxylation sites is 1. The number of halogens is 3. The molecular weight excluding hydrogens is 473 g/mol. The average molecular weight is 499 g/mol. The lowest BCUT2D eigenvalue weighted by atomic mass is 9.76. The molecule has 5 rings (SSSR count).